The van der Waals surface area contributed by atoms with Crippen LogP contribution in [0.15, 0.2) is 28.7 Å². The molecule has 6 nitrogen and oxygen atoms in total. The predicted molar refractivity (Wildman–Crippen MR) is 107 cm³/mol. The molecule has 2 amide bonds. The van der Waals surface area contributed by atoms with Gasteiger partial charge >= 0.3 is 0 Å². The summed E-state index contributed by atoms with van der Waals surface area (Å²) in [5.74, 6) is 0.0944. The number of piperazine rings is 2. The number of hydrogen-bond donors (Lipinski definition) is 1. The molecule has 8 heteroatoms. The van der Waals surface area contributed by atoms with Crippen LogP contribution in [0.25, 0.3) is 0 Å². The SMILES string of the molecule is CN1CCN(C(=O)CC2NCCN(Cc3cccc(Br)c3)C2=O)CC1.Cl. The van der Waals surface area contributed by atoms with Gasteiger partial charge in [0.15, 0.2) is 0 Å². The first kappa shape index (κ1) is 21.2. The molecule has 2 saturated heterocycles. The molecular formula is C18H26BrClN4O2. The molecule has 1 N–H and O–H groups in total. The molecule has 0 aromatic heterocycles. The first-order valence-corrected chi connectivity index (χ1v) is 9.55. The summed E-state index contributed by atoms with van der Waals surface area (Å²) in [7, 11) is 2.06. The minimum Gasteiger partial charge on any atom is -0.340 e. The molecule has 2 heterocycles. The van der Waals surface area contributed by atoms with E-state index in [9.17, 15) is 9.59 Å². The number of nitrogens with one attached hydrogen (secondary N) is 1. The highest BCUT2D eigenvalue weighted by Gasteiger charge is 2.32. The van der Waals surface area contributed by atoms with Crippen LogP contribution in [-0.2, 0) is 16.1 Å². The molecule has 144 valence electrons. The Labute approximate surface area is 169 Å². The van der Waals surface area contributed by atoms with Crippen LogP contribution >= 0.6 is 28.3 Å². The van der Waals surface area contributed by atoms with Crippen molar-refractivity contribution in [3.63, 3.8) is 0 Å². The van der Waals surface area contributed by atoms with Gasteiger partial charge in [0, 0.05) is 50.3 Å². The van der Waals surface area contributed by atoms with E-state index in [1.54, 1.807) is 0 Å². The summed E-state index contributed by atoms with van der Waals surface area (Å²) < 4.78 is 1.01. The highest BCUT2D eigenvalue weighted by atomic mass is 79.9. The number of amides is 2. The van der Waals surface area contributed by atoms with Crippen molar-refractivity contribution in [2.75, 3.05) is 46.3 Å². The van der Waals surface area contributed by atoms with E-state index < -0.39 is 6.04 Å². The average Bonchev–Trinajstić information content (AvgIpc) is 2.59. The van der Waals surface area contributed by atoms with E-state index in [4.69, 9.17) is 0 Å². The predicted octanol–water partition coefficient (Wildman–Crippen LogP) is 1.34. The van der Waals surface area contributed by atoms with E-state index in [1.807, 2.05) is 34.1 Å². The first-order valence-electron chi connectivity index (χ1n) is 8.76. The van der Waals surface area contributed by atoms with Crippen LogP contribution in [-0.4, -0.2) is 78.9 Å². The molecule has 3 rings (SSSR count). The lowest BCUT2D eigenvalue weighted by Gasteiger charge is -2.36. The second-order valence-electron chi connectivity index (χ2n) is 6.78. The summed E-state index contributed by atoms with van der Waals surface area (Å²) >= 11 is 3.47. The zero-order valence-electron chi connectivity index (χ0n) is 15.0. The molecule has 1 aromatic rings. The molecule has 0 saturated carbocycles. The van der Waals surface area contributed by atoms with Crippen LogP contribution in [0.5, 0.6) is 0 Å². The standard InChI is InChI=1S/C18H25BrN4O2.ClH/c1-21-7-9-22(10-8-21)17(24)12-16-18(25)23(6-5-20-16)13-14-3-2-4-15(19)11-14;/h2-4,11,16,20H,5-10,12-13H2,1H3;1H. The lowest BCUT2D eigenvalue weighted by Crippen LogP contribution is -2.57. The molecule has 2 fully saturated rings. The summed E-state index contributed by atoms with van der Waals surface area (Å²) in [6.07, 6.45) is 0.248. The summed E-state index contributed by atoms with van der Waals surface area (Å²) in [4.78, 5) is 31.2. The van der Waals surface area contributed by atoms with Crippen molar-refractivity contribution in [3.8, 4) is 0 Å². The van der Waals surface area contributed by atoms with Gasteiger partial charge in [0.2, 0.25) is 11.8 Å². The molecule has 2 aliphatic heterocycles. The third-order valence-electron chi connectivity index (χ3n) is 4.88. The normalized spacial score (nSPS) is 21.5. The third-order valence-corrected chi connectivity index (χ3v) is 5.37. The Kier molecular flexibility index (Phi) is 7.88. The van der Waals surface area contributed by atoms with Gasteiger partial charge in [-0.05, 0) is 24.7 Å². The molecule has 0 bridgehead atoms. The Morgan fingerprint density at radius 1 is 1.23 bits per heavy atom. The van der Waals surface area contributed by atoms with Crippen molar-refractivity contribution in [2.24, 2.45) is 0 Å². The monoisotopic (exact) mass is 444 g/mol. The van der Waals surface area contributed by atoms with Crippen molar-refractivity contribution in [2.45, 2.75) is 19.0 Å². The minimum absolute atomic E-state index is 0. The lowest BCUT2D eigenvalue weighted by atomic mass is 10.1. The summed E-state index contributed by atoms with van der Waals surface area (Å²) in [6, 6.07) is 7.58. The lowest BCUT2D eigenvalue weighted by molar-refractivity contribution is -0.142. The van der Waals surface area contributed by atoms with E-state index in [2.05, 4.69) is 33.2 Å². The summed E-state index contributed by atoms with van der Waals surface area (Å²) in [6.45, 7) is 5.26. The quantitative estimate of drug-likeness (QED) is 0.760. The van der Waals surface area contributed by atoms with E-state index >= 15 is 0 Å². The molecule has 26 heavy (non-hydrogen) atoms. The fraction of sp³-hybridized carbons (Fsp3) is 0.556. The zero-order chi connectivity index (χ0) is 17.8. The number of nitrogens with zero attached hydrogens (tertiary/aromatic N) is 3. The van der Waals surface area contributed by atoms with Crippen molar-refractivity contribution in [1.82, 2.24) is 20.0 Å². The molecule has 0 radical (unpaired) electrons. The fourth-order valence-corrected chi connectivity index (χ4v) is 3.77. The van der Waals surface area contributed by atoms with Gasteiger partial charge in [-0.25, -0.2) is 0 Å². The van der Waals surface area contributed by atoms with Gasteiger partial charge in [0.1, 0.15) is 0 Å². The van der Waals surface area contributed by atoms with Crippen LogP contribution in [0, 0.1) is 0 Å². The maximum atomic E-state index is 12.8. The van der Waals surface area contributed by atoms with Crippen molar-refractivity contribution in [1.29, 1.82) is 0 Å². The third kappa shape index (κ3) is 5.42. The molecule has 1 atom stereocenters. The molecule has 0 spiro atoms. The molecule has 1 aromatic carbocycles. The maximum Gasteiger partial charge on any atom is 0.240 e. The van der Waals surface area contributed by atoms with Crippen molar-refractivity contribution in [3.05, 3.63) is 34.3 Å². The second-order valence-corrected chi connectivity index (χ2v) is 7.70. The van der Waals surface area contributed by atoms with Gasteiger partial charge in [-0.2, -0.15) is 0 Å². The number of likely N-dealkylation sites (N-methyl/N-ethyl adjacent to an activating group) is 1. The minimum atomic E-state index is -0.409. The van der Waals surface area contributed by atoms with Gasteiger partial charge in [0.25, 0.3) is 0 Å². The zero-order valence-corrected chi connectivity index (χ0v) is 17.4. The van der Waals surface area contributed by atoms with Gasteiger partial charge in [0.05, 0.1) is 12.5 Å². The number of hydrogen-bond acceptors (Lipinski definition) is 4. The number of halogens is 2. The summed E-state index contributed by atoms with van der Waals surface area (Å²) in [5, 5.41) is 3.22. The van der Waals surface area contributed by atoms with Crippen LogP contribution in [0.3, 0.4) is 0 Å². The average molecular weight is 446 g/mol. The van der Waals surface area contributed by atoms with Crippen molar-refractivity contribution >= 4 is 40.2 Å². The van der Waals surface area contributed by atoms with Crippen molar-refractivity contribution < 1.29 is 9.59 Å². The largest absolute Gasteiger partial charge is 0.340 e. The molecular weight excluding hydrogens is 420 g/mol. The second kappa shape index (κ2) is 9.69. The highest BCUT2D eigenvalue weighted by Crippen LogP contribution is 2.16. The van der Waals surface area contributed by atoms with Crippen LogP contribution in [0.2, 0.25) is 0 Å². The number of carbonyl (C=O) groups excluding carboxylic acids is 2. The number of rotatable bonds is 4. The van der Waals surface area contributed by atoms with Gasteiger partial charge < -0.3 is 20.0 Å². The Morgan fingerprint density at radius 3 is 2.65 bits per heavy atom. The van der Waals surface area contributed by atoms with E-state index in [-0.39, 0.29) is 30.6 Å². The Hall–Kier alpha value is -1.15. The van der Waals surface area contributed by atoms with Crippen LogP contribution in [0.4, 0.5) is 0 Å². The Morgan fingerprint density at radius 2 is 1.96 bits per heavy atom. The fourth-order valence-electron chi connectivity index (χ4n) is 3.32. The number of benzene rings is 1. The van der Waals surface area contributed by atoms with E-state index in [0.29, 0.717) is 13.1 Å². The smallest absolute Gasteiger partial charge is 0.240 e. The van der Waals surface area contributed by atoms with Crippen LogP contribution < -0.4 is 5.32 Å². The molecule has 2 aliphatic rings. The highest BCUT2D eigenvalue weighted by molar-refractivity contribution is 9.10. The van der Waals surface area contributed by atoms with Gasteiger partial charge in [-0.15, -0.1) is 12.4 Å². The van der Waals surface area contributed by atoms with Crippen LogP contribution in [0.1, 0.15) is 12.0 Å². The van der Waals surface area contributed by atoms with Gasteiger partial charge in [-0.1, -0.05) is 28.1 Å². The Bertz CT molecular complexity index is 637. The Balaban J connectivity index is 0.00000243. The van der Waals surface area contributed by atoms with Gasteiger partial charge in [-0.3, -0.25) is 9.59 Å². The number of carbonyl (C=O) groups is 2. The topological polar surface area (TPSA) is 55.9 Å². The maximum absolute atomic E-state index is 12.8. The summed E-state index contributed by atoms with van der Waals surface area (Å²) in [5.41, 5.74) is 1.09. The molecule has 0 aliphatic carbocycles. The van der Waals surface area contributed by atoms with E-state index in [0.717, 1.165) is 42.8 Å². The molecule has 1 unspecified atom stereocenters. The first-order chi connectivity index (χ1) is 12.0. The van der Waals surface area contributed by atoms with E-state index in [1.165, 1.54) is 0 Å².